The number of hydrogen-bond acceptors (Lipinski definition) is 2. The Morgan fingerprint density at radius 3 is 2.64 bits per heavy atom. The molecule has 0 aliphatic heterocycles. The third kappa shape index (κ3) is 2.53. The molecule has 0 spiro atoms. The molecule has 0 fully saturated rings. The standard InChI is InChI=1S/C11H16FNO/c1-3-14-8(2)11(13)9-6-4-5-7-10(9)12/h4-8,11H,3,13H2,1-2H3. The first-order valence-corrected chi connectivity index (χ1v) is 4.78. The number of hydrogen-bond donors (Lipinski definition) is 1. The summed E-state index contributed by atoms with van der Waals surface area (Å²) in [5.41, 5.74) is 6.37. The van der Waals surface area contributed by atoms with E-state index in [1.165, 1.54) is 6.07 Å². The van der Waals surface area contributed by atoms with Gasteiger partial charge in [-0.25, -0.2) is 4.39 Å². The molecule has 0 heterocycles. The van der Waals surface area contributed by atoms with Gasteiger partial charge in [0.15, 0.2) is 0 Å². The summed E-state index contributed by atoms with van der Waals surface area (Å²) < 4.78 is 18.6. The van der Waals surface area contributed by atoms with Gasteiger partial charge in [-0.3, -0.25) is 0 Å². The average molecular weight is 197 g/mol. The summed E-state index contributed by atoms with van der Waals surface area (Å²) in [7, 11) is 0. The summed E-state index contributed by atoms with van der Waals surface area (Å²) in [6.45, 7) is 4.33. The van der Waals surface area contributed by atoms with Gasteiger partial charge in [0, 0.05) is 12.2 Å². The van der Waals surface area contributed by atoms with Crippen LogP contribution in [0.5, 0.6) is 0 Å². The second-order valence-electron chi connectivity index (χ2n) is 3.21. The molecule has 2 N–H and O–H groups in total. The number of nitrogens with two attached hydrogens (primary N) is 1. The van der Waals surface area contributed by atoms with Crippen LogP contribution < -0.4 is 5.73 Å². The van der Waals surface area contributed by atoms with Crippen LogP contribution in [-0.2, 0) is 4.74 Å². The Labute approximate surface area is 83.9 Å². The third-order valence-electron chi connectivity index (χ3n) is 2.20. The Kier molecular flexibility index (Phi) is 4.04. The molecule has 0 saturated carbocycles. The molecule has 0 aliphatic rings. The maximum Gasteiger partial charge on any atom is 0.128 e. The van der Waals surface area contributed by atoms with E-state index in [4.69, 9.17) is 10.5 Å². The van der Waals surface area contributed by atoms with Gasteiger partial charge in [0.05, 0.1) is 12.1 Å². The zero-order chi connectivity index (χ0) is 10.6. The van der Waals surface area contributed by atoms with E-state index in [0.717, 1.165) is 0 Å². The van der Waals surface area contributed by atoms with Gasteiger partial charge in [-0.05, 0) is 19.9 Å². The molecule has 0 aliphatic carbocycles. The SMILES string of the molecule is CCOC(C)C(N)c1ccccc1F. The van der Waals surface area contributed by atoms with Gasteiger partial charge in [0.2, 0.25) is 0 Å². The van der Waals surface area contributed by atoms with Crippen LogP contribution in [0, 0.1) is 5.82 Å². The van der Waals surface area contributed by atoms with Crippen molar-refractivity contribution in [2.75, 3.05) is 6.61 Å². The largest absolute Gasteiger partial charge is 0.377 e. The van der Waals surface area contributed by atoms with Crippen molar-refractivity contribution in [3.05, 3.63) is 35.6 Å². The first-order chi connectivity index (χ1) is 6.66. The average Bonchev–Trinajstić information content (AvgIpc) is 2.18. The summed E-state index contributed by atoms with van der Waals surface area (Å²) in [5, 5.41) is 0. The molecule has 3 heteroatoms. The topological polar surface area (TPSA) is 35.2 Å². The van der Waals surface area contributed by atoms with Crippen LogP contribution >= 0.6 is 0 Å². The zero-order valence-electron chi connectivity index (χ0n) is 8.53. The lowest BCUT2D eigenvalue weighted by atomic mass is 10.0. The summed E-state index contributed by atoms with van der Waals surface area (Å²) in [5.74, 6) is -0.272. The highest BCUT2D eigenvalue weighted by Gasteiger charge is 2.17. The maximum absolute atomic E-state index is 13.3. The van der Waals surface area contributed by atoms with Crippen molar-refractivity contribution in [3.63, 3.8) is 0 Å². The van der Waals surface area contributed by atoms with E-state index in [-0.39, 0.29) is 11.9 Å². The second kappa shape index (κ2) is 5.08. The number of benzene rings is 1. The molecule has 14 heavy (non-hydrogen) atoms. The Morgan fingerprint density at radius 1 is 1.43 bits per heavy atom. The predicted octanol–water partition coefficient (Wildman–Crippen LogP) is 2.25. The molecule has 78 valence electrons. The van der Waals surface area contributed by atoms with E-state index in [0.29, 0.717) is 12.2 Å². The van der Waals surface area contributed by atoms with Gasteiger partial charge in [-0.2, -0.15) is 0 Å². The fraction of sp³-hybridized carbons (Fsp3) is 0.455. The summed E-state index contributed by atoms with van der Waals surface area (Å²) in [6, 6.07) is 6.12. The van der Waals surface area contributed by atoms with Crippen molar-refractivity contribution < 1.29 is 9.13 Å². The van der Waals surface area contributed by atoms with Crippen molar-refractivity contribution >= 4 is 0 Å². The number of halogens is 1. The lowest BCUT2D eigenvalue weighted by Crippen LogP contribution is -2.27. The van der Waals surface area contributed by atoms with Crippen LogP contribution in [0.1, 0.15) is 25.5 Å². The first-order valence-electron chi connectivity index (χ1n) is 4.78. The first kappa shape index (κ1) is 11.1. The van der Waals surface area contributed by atoms with Crippen LogP contribution in [-0.4, -0.2) is 12.7 Å². The van der Waals surface area contributed by atoms with Crippen molar-refractivity contribution in [2.45, 2.75) is 26.0 Å². The quantitative estimate of drug-likeness (QED) is 0.803. The Morgan fingerprint density at radius 2 is 2.07 bits per heavy atom. The molecule has 2 atom stereocenters. The van der Waals surface area contributed by atoms with E-state index in [1.54, 1.807) is 18.2 Å². The van der Waals surface area contributed by atoms with Crippen molar-refractivity contribution in [1.29, 1.82) is 0 Å². The molecule has 0 radical (unpaired) electrons. The Balaban J connectivity index is 2.78. The predicted molar refractivity (Wildman–Crippen MR) is 54.4 cm³/mol. The fourth-order valence-electron chi connectivity index (χ4n) is 1.36. The van der Waals surface area contributed by atoms with Crippen LogP contribution in [0.2, 0.25) is 0 Å². The minimum Gasteiger partial charge on any atom is -0.377 e. The van der Waals surface area contributed by atoms with Crippen LogP contribution in [0.25, 0.3) is 0 Å². The summed E-state index contributed by atoms with van der Waals surface area (Å²) >= 11 is 0. The number of rotatable bonds is 4. The monoisotopic (exact) mass is 197 g/mol. The maximum atomic E-state index is 13.3. The smallest absolute Gasteiger partial charge is 0.128 e. The zero-order valence-corrected chi connectivity index (χ0v) is 8.53. The van der Waals surface area contributed by atoms with E-state index in [1.807, 2.05) is 13.8 Å². The highest BCUT2D eigenvalue weighted by atomic mass is 19.1. The summed E-state index contributed by atoms with van der Waals surface area (Å²) in [4.78, 5) is 0. The highest BCUT2D eigenvalue weighted by Crippen LogP contribution is 2.19. The molecule has 0 amide bonds. The normalized spacial score (nSPS) is 15.1. The summed E-state index contributed by atoms with van der Waals surface area (Å²) in [6.07, 6.45) is -0.170. The fourth-order valence-corrected chi connectivity index (χ4v) is 1.36. The van der Waals surface area contributed by atoms with E-state index >= 15 is 0 Å². The molecule has 1 aromatic rings. The minimum absolute atomic E-state index is 0.170. The molecule has 0 bridgehead atoms. The minimum atomic E-state index is -0.406. The van der Waals surface area contributed by atoms with Crippen LogP contribution in [0.4, 0.5) is 4.39 Å². The molecular weight excluding hydrogens is 181 g/mol. The van der Waals surface area contributed by atoms with E-state index < -0.39 is 6.04 Å². The highest BCUT2D eigenvalue weighted by molar-refractivity contribution is 5.21. The van der Waals surface area contributed by atoms with Gasteiger partial charge < -0.3 is 10.5 Å². The van der Waals surface area contributed by atoms with Crippen molar-refractivity contribution in [3.8, 4) is 0 Å². The van der Waals surface area contributed by atoms with Gasteiger partial charge in [-0.1, -0.05) is 18.2 Å². The molecular formula is C11H16FNO. The Hall–Kier alpha value is -0.930. The lowest BCUT2D eigenvalue weighted by Gasteiger charge is -2.20. The van der Waals surface area contributed by atoms with Crippen LogP contribution in [0.3, 0.4) is 0 Å². The second-order valence-corrected chi connectivity index (χ2v) is 3.21. The van der Waals surface area contributed by atoms with Gasteiger partial charge >= 0.3 is 0 Å². The number of ether oxygens (including phenoxy) is 1. The van der Waals surface area contributed by atoms with E-state index in [2.05, 4.69) is 0 Å². The van der Waals surface area contributed by atoms with Gasteiger partial charge in [0.25, 0.3) is 0 Å². The van der Waals surface area contributed by atoms with Gasteiger partial charge in [-0.15, -0.1) is 0 Å². The van der Waals surface area contributed by atoms with Crippen molar-refractivity contribution in [1.82, 2.24) is 0 Å². The van der Waals surface area contributed by atoms with Crippen molar-refractivity contribution in [2.24, 2.45) is 5.73 Å². The third-order valence-corrected chi connectivity index (χ3v) is 2.20. The molecule has 0 saturated heterocycles. The molecule has 1 rings (SSSR count). The molecule has 1 aromatic carbocycles. The van der Waals surface area contributed by atoms with E-state index in [9.17, 15) is 4.39 Å². The Bertz CT molecular complexity index is 290. The van der Waals surface area contributed by atoms with Gasteiger partial charge in [0.1, 0.15) is 5.82 Å². The molecule has 2 unspecified atom stereocenters. The lowest BCUT2D eigenvalue weighted by molar-refractivity contribution is 0.0566. The van der Waals surface area contributed by atoms with Crippen LogP contribution in [0.15, 0.2) is 24.3 Å². The molecule has 0 aromatic heterocycles. The molecule has 2 nitrogen and oxygen atoms in total.